The Morgan fingerprint density at radius 1 is 1.16 bits per heavy atom. The number of primary amides is 1. The van der Waals surface area contributed by atoms with E-state index in [0.29, 0.717) is 11.3 Å². The van der Waals surface area contributed by atoms with Crippen LogP contribution in [0.3, 0.4) is 0 Å². The van der Waals surface area contributed by atoms with Crippen LogP contribution in [-0.4, -0.2) is 69.6 Å². The second-order valence-corrected chi connectivity index (χ2v) is 10.1. The van der Waals surface area contributed by atoms with Crippen LogP contribution in [0.1, 0.15) is 18.1 Å². The first-order valence-electron chi connectivity index (χ1n) is 11.7. The van der Waals surface area contributed by atoms with Crippen molar-refractivity contribution in [2.45, 2.75) is 37.1 Å². The summed E-state index contributed by atoms with van der Waals surface area (Å²) in [5.74, 6) is -1.55. The number of nitro groups is 1. The zero-order valence-electron chi connectivity index (χ0n) is 20.3. The van der Waals surface area contributed by atoms with Crippen molar-refractivity contribution in [2.75, 3.05) is 18.8 Å². The van der Waals surface area contributed by atoms with Crippen molar-refractivity contribution in [3.8, 4) is 0 Å². The summed E-state index contributed by atoms with van der Waals surface area (Å²) in [6.45, 7) is 1.69. The number of nitrogens with two attached hydrogens (primary N) is 1. The van der Waals surface area contributed by atoms with Gasteiger partial charge in [0.05, 0.1) is 16.7 Å². The van der Waals surface area contributed by atoms with E-state index in [4.69, 9.17) is 5.73 Å². The van der Waals surface area contributed by atoms with Crippen molar-refractivity contribution in [1.29, 1.82) is 0 Å². The molecule has 1 fully saturated rings. The summed E-state index contributed by atoms with van der Waals surface area (Å²) >= 11 is 1.38. The van der Waals surface area contributed by atoms with Crippen LogP contribution in [0.4, 0.5) is 5.69 Å². The molecule has 11 nitrogen and oxygen atoms in total. The summed E-state index contributed by atoms with van der Waals surface area (Å²) < 4.78 is 0. The maximum Gasteiger partial charge on any atom is 0.269 e. The van der Waals surface area contributed by atoms with Crippen molar-refractivity contribution in [3.05, 3.63) is 75.8 Å². The molecule has 2 aromatic carbocycles. The molecular formula is C25H29N5O6S. The lowest BCUT2D eigenvalue weighted by Gasteiger charge is -2.27. The number of hydrogen-bond donors (Lipinski definition) is 3. The molecule has 1 aliphatic rings. The van der Waals surface area contributed by atoms with Crippen LogP contribution in [0.25, 0.3) is 0 Å². The molecule has 0 aromatic heterocycles. The maximum absolute atomic E-state index is 13.4. The molecule has 1 heterocycles. The van der Waals surface area contributed by atoms with Gasteiger partial charge in [-0.3, -0.25) is 29.3 Å². The van der Waals surface area contributed by atoms with E-state index in [2.05, 4.69) is 10.6 Å². The van der Waals surface area contributed by atoms with Gasteiger partial charge in [0.15, 0.2) is 0 Å². The van der Waals surface area contributed by atoms with Crippen LogP contribution in [0, 0.1) is 10.1 Å². The van der Waals surface area contributed by atoms with Gasteiger partial charge in [0, 0.05) is 37.3 Å². The maximum atomic E-state index is 13.4. The van der Waals surface area contributed by atoms with Crippen LogP contribution >= 0.6 is 11.8 Å². The fraction of sp³-hybridized carbons (Fsp3) is 0.360. The van der Waals surface area contributed by atoms with Gasteiger partial charge in [0.1, 0.15) is 12.1 Å². The van der Waals surface area contributed by atoms with Crippen LogP contribution in [0.5, 0.6) is 0 Å². The third kappa shape index (κ3) is 8.04. The van der Waals surface area contributed by atoms with Gasteiger partial charge in [-0.05, 0) is 18.1 Å². The molecule has 0 saturated carbocycles. The van der Waals surface area contributed by atoms with Crippen molar-refractivity contribution in [1.82, 2.24) is 15.5 Å². The summed E-state index contributed by atoms with van der Waals surface area (Å²) in [5.41, 5.74) is 6.82. The van der Waals surface area contributed by atoms with Crippen molar-refractivity contribution in [2.24, 2.45) is 5.73 Å². The molecule has 37 heavy (non-hydrogen) atoms. The minimum absolute atomic E-state index is 0.0348. The van der Waals surface area contributed by atoms with Crippen LogP contribution in [-0.2, 0) is 32.0 Å². The molecule has 12 heteroatoms. The molecule has 2 aromatic rings. The van der Waals surface area contributed by atoms with Gasteiger partial charge in [0.25, 0.3) is 5.69 Å². The van der Waals surface area contributed by atoms with E-state index < -0.39 is 34.7 Å². The first-order chi connectivity index (χ1) is 17.6. The van der Waals surface area contributed by atoms with Crippen molar-refractivity contribution in [3.63, 3.8) is 0 Å². The number of nitrogens with one attached hydrogen (secondary N) is 2. The van der Waals surface area contributed by atoms with Crippen LogP contribution < -0.4 is 16.4 Å². The quantitative estimate of drug-likeness (QED) is 0.320. The van der Waals surface area contributed by atoms with Crippen LogP contribution in [0.15, 0.2) is 54.6 Å². The van der Waals surface area contributed by atoms with E-state index in [9.17, 15) is 29.3 Å². The number of nitro benzene ring substituents is 1. The number of amides is 4. The number of benzene rings is 2. The van der Waals surface area contributed by atoms with Crippen molar-refractivity contribution < 1.29 is 24.1 Å². The Bertz CT molecular complexity index is 1140. The minimum atomic E-state index is -1.07. The molecule has 1 unspecified atom stereocenters. The number of hydrogen-bond acceptors (Lipinski definition) is 7. The highest BCUT2D eigenvalue weighted by atomic mass is 32.2. The molecule has 1 saturated heterocycles. The number of rotatable bonds is 9. The van der Waals surface area contributed by atoms with E-state index >= 15 is 0 Å². The number of thioether (sulfide) groups is 1. The lowest BCUT2D eigenvalue weighted by Crippen LogP contribution is -2.54. The molecule has 4 amide bonds. The summed E-state index contributed by atoms with van der Waals surface area (Å²) in [7, 11) is 0. The molecule has 0 aliphatic carbocycles. The summed E-state index contributed by atoms with van der Waals surface area (Å²) in [6.07, 6.45) is 0.304. The molecular weight excluding hydrogens is 498 g/mol. The zero-order valence-corrected chi connectivity index (χ0v) is 21.1. The Morgan fingerprint density at radius 3 is 2.46 bits per heavy atom. The smallest absolute Gasteiger partial charge is 0.269 e. The highest BCUT2D eigenvalue weighted by Crippen LogP contribution is 2.16. The second-order valence-electron chi connectivity index (χ2n) is 8.67. The SMILES string of the molecule is C[C@H]1SCCN(CC(=O)NC(Cc2ccc([N+](=O)[O-])cc2)C(N)=O)C(=O)[C@H](Cc2ccccc2)NC1=O. The third-order valence-electron chi connectivity index (χ3n) is 5.91. The predicted octanol–water partition coefficient (Wildman–Crippen LogP) is 0.799. The third-order valence-corrected chi connectivity index (χ3v) is 7.04. The first kappa shape index (κ1) is 27.7. The van der Waals surface area contributed by atoms with Gasteiger partial charge in [0.2, 0.25) is 23.6 Å². The fourth-order valence-electron chi connectivity index (χ4n) is 3.87. The van der Waals surface area contributed by atoms with E-state index in [1.807, 2.05) is 30.3 Å². The molecule has 1 aliphatic heterocycles. The van der Waals surface area contributed by atoms with Gasteiger partial charge < -0.3 is 21.3 Å². The number of carbonyl (C=O) groups is 4. The summed E-state index contributed by atoms with van der Waals surface area (Å²) in [6, 6.07) is 12.9. The van der Waals surface area contributed by atoms with Gasteiger partial charge in [-0.2, -0.15) is 0 Å². The number of carbonyl (C=O) groups excluding carboxylic acids is 4. The summed E-state index contributed by atoms with van der Waals surface area (Å²) in [4.78, 5) is 62.6. The Kier molecular flexibility index (Phi) is 9.61. The van der Waals surface area contributed by atoms with Crippen molar-refractivity contribution >= 4 is 41.1 Å². The van der Waals surface area contributed by atoms with Gasteiger partial charge in [-0.15, -0.1) is 11.8 Å². The Morgan fingerprint density at radius 2 is 1.84 bits per heavy atom. The van der Waals surface area contributed by atoms with Gasteiger partial charge >= 0.3 is 0 Å². The Balaban J connectivity index is 1.71. The predicted molar refractivity (Wildman–Crippen MR) is 139 cm³/mol. The standard InChI is InChI=1S/C25H29N5O6S/c1-16-24(33)28-21(14-17-5-3-2-4-6-17)25(34)29(11-12-37-16)15-22(31)27-20(23(26)32)13-18-7-9-19(10-8-18)30(35)36/h2-10,16,20-21H,11-15H2,1H3,(H2,26,32)(H,27,31)(H,28,33)/t16-,20?,21+/m1/s1. The molecule has 0 spiro atoms. The van der Waals surface area contributed by atoms with E-state index in [1.165, 1.54) is 40.9 Å². The molecule has 4 N–H and O–H groups in total. The highest BCUT2D eigenvalue weighted by molar-refractivity contribution is 8.00. The average Bonchev–Trinajstić information content (AvgIpc) is 2.91. The number of non-ortho nitro benzene ring substituents is 1. The molecule has 196 valence electrons. The Hall–Kier alpha value is -3.93. The zero-order chi connectivity index (χ0) is 26.9. The monoisotopic (exact) mass is 527 g/mol. The average molecular weight is 528 g/mol. The Labute approximate surface area is 218 Å². The minimum Gasteiger partial charge on any atom is -0.368 e. The molecule has 0 radical (unpaired) electrons. The van der Waals surface area contributed by atoms with Gasteiger partial charge in [-0.25, -0.2) is 0 Å². The van der Waals surface area contributed by atoms with E-state index in [-0.39, 0.29) is 42.8 Å². The lowest BCUT2D eigenvalue weighted by atomic mass is 10.0. The number of nitrogens with zero attached hydrogens (tertiary/aromatic N) is 2. The fourth-order valence-corrected chi connectivity index (χ4v) is 4.77. The topological polar surface area (TPSA) is 165 Å². The van der Waals surface area contributed by atoms with E-state index in [0.717, 1.165) is 5.56 Å². The van der Waals surface area contributed by atoms with Crippen LogP contribution in [0.2, 0.25) is 0 Å². The van der Waals surface area contributed by atoms with E-state index in [1.54, 1.807) is 6.92 Å². The van der Waals surface area contributed by atoms with Gasteiger partial charge in [-0.1, -0.05) is 42.5 Å². The normalized spacial score (nSPS) is 19.1. The summed E-state index contributed by atoms with van der Waals surface area (Å²) in [5, 5.41) is 15.9. The lowest BCUT2D eigenvalue weighted by molar-refractivity contribution is -0.384. The molecule has 3 atom stereocenters. The molecule has 3 rings (SSSR count). The highest BCUT2D eigenvalue weighted by Gasteiger charge is 2.31. The largest absolute Gasteiger partial charge is 0.368 e. The second kappa shape index (κ2) is 12.9. The first-order valence-corrected chi connectivity index (χ1v) is 12.8. The molecule has 0 bridgehead atoms.